The minimum absolute atomic E-state index is 0.0674. The maximum absolute atomic E-state index is 12.0. The molecular formula is C16H24N2O2S. The molecule has 0 aromatic heterocycles. The van der Waals surface area contributed by atoms with Gasteiger partial charge in [-0.05, 0) is 56.5 Å². The summed E-state index contributed by atoms with van der Waals surface area (Å²) >= 11 is 1.76. The van der Waals surface area contributed by atoms with E-state index in [0.717, 1.165) is 50.0 Å². The first-order valence-corrected chi connectivity index (χ1v) is 8.65. The number of carbonyl (C=O) groups excluding carboxylic acids is 1. The first-order chi connectivity index (χ1) is 10.3. The van der Waals surface area contributed by atoms with Gasteiger partial charge in [0.1, 0.15) is 0 Å². The van der Waals surface area contributed by atoms with Crippen LogP contribution in [0.15, 0.2) is 24.3 Å². The second kappa shape index (κ2) is 9.07. The molecular weight excluding hydrogens is 284 g/mol. The van der Waals surface area contributed by atoms with E-state index >= 15 is 0 Å². The molecule has 0 saturated carbocycles. The SMILES string of the molecule is O=C(CSC1CCNCC1)Nc1cccc(CCCO)c1. The Morgan fingerprint density at radius 3 is 2.95 bits per heavy atom. The molecule has 1 aromatic rings. The number of carbonyl (C=O) groups is 1. The maximum Gasteiger partial charge on any atom is 0.234 e. The average molecular weight is 308 g/mol. The van der Waals surface area contributed by atoms with Crippen molar-refractivity contribution in [3.8, 4) is 0 Å². The molecule has 0 atom stereocenters. The molecule has 0 aliphatic carbocycles. The highest BCUT2D eigenvalue weighted by Crippen LogP contribution is 2.20. The quantitative estimate of drug-likeness (QED) is 0.721. The zero-order chi connectivity index (χ0) is 14.9. The number of hydrogen-bond donors (Lipinski definition) is 3. The van der Waals surface area contributed by atoms with E-state index in [9.17, 15) is 4.79 Å². The van der Waals surface area contributed by atoms with E-state index in [2.05, 4.69) is 10.6 Å². The summed E-state index contributed by atoms with van der Waals surface area (Å²) in [5, 5.41) is 15.8. The summed E-state index contributed by atoms with van der Waals surface area (Å²) in [6.45, 7) is 2.32. The number of piperidine rings is 1. The third kappa shape index (κ3) is 6.08. The van der Waals surface area contributed by atoms with Crippen molar-refractivity contribution >= 4 is 23.4 Å². The molecule has 1 saturated heterocycles. The highest BCUT2D eigenvalue weighted by atomic mass is 32.2. The van der Waals surface area contributed by atoms with Crippen molar-refractivity contribution in [2.45, 2.75) is 30.9 Å². The largest absolute Gasteiger partial charge is 0.396 e. The van der Waals surface area contributed by atoms with Gasteiger partial charge in [0.25, 0.3) is 0 Å². The first kappa shape index (κ1) is 16.3. The number of amides is 1. The van der Waals surface area contributed by atoms with Crippen LogP contribution in [0.2, 0.25) is 0 Å². The van der Waals surface area contributed by atoms with Crippen LogP contribution in [0.3, 0.4) is 0 Å². The van der Waals surface area contributed by atoms with Gasteiger partial charge in [0.15, 0.2) is 0 Å². The van der Waals surface area contributed by atoms with Crippen molar-refractivity contribution in [2.24, 2.45) is 0 Å². The highest BCUT2D eigenvalue weighted by Gasteiger charge is 2.14. The Hall–Kier alpha value is -1.04. The molecule has 5 heteroatoms. The lowest BCUT2D eigenvalue weighted by Gasteiger charge is -2.21. The van der Waals surface area contributed by atoms with E-state index in [1.165, 1.54) is 0 Å². The Balaban J connectivity index is 1.76. The zero-order valence-corrected chi connectivity index (χ0v) is 13.1. The van der Waals surface area contributed by atoms with Gasteiger partial charge in [-0.2, -0.15) is 0 Å². The van der Waals surface area contributed by atoms with E-state index < -0.39 is 0 Å². The molecule has 1 amide bonds. The molecule has 1 fully saturated rings. The molecule has 1 aliphatic heterocycles. The van der Waals surface area contributed by atoms with Crippen molar-refractivity contribution in [3.63, 3.8) is 0 Å². The third-order valence-electron chi connectivity index (χ3n) is 3.57. The standard InChI is InChI=1S/C16H24N2O2S/c19-10-2-4-13-3-1-5-14(11-13)18-16(20)12-21-15-6-8-17-9-7-15/h1,3,5,11,15,17,19H,2,4,6-10,12H2,(H,18,20). The van der Waals surface area contributed by atoms with Crippen LogP contribution >= 0.6 is 11.8 Å². The Labute approximate surface area is 130 Å². The Morgan fingerprint density at radius 1 is 1.38 bits per heavy atom. The number of nitrogens with one attached hydrogen (secondary N) is 2. The molecule has 116 valence electrons. The molecule has 0 bridgehead atoms. The molecule has 1 aliphatic rings. The lowest BCUT2D eigenvalue weighted by molar-refractivity contribution is -0.113. The van der Waals surface area contributed by atoms with E-state index in [1.807, 2.05) is 24.3 Å². The van der Waals surface area contributed by atoms with E-state index in [4.69, 9.17) is 5.11 Å². The smallest absolute Gasteiger partial charge is 0.234 e. The van der Waals surface area contributed by atoms with E-state index in [0.29, 0.717) is 11.0 Å². The van der Waals surface area contributed by atoms with Crippen LogP contribution in [0.5, 0.6) is 0 Å². The number of thioether (sulfide) groups is 1. The molecule has 1 aromatic carbocycles. The molecule has 3 N–H and O–H groups in total. The molecule has 2 rings (SSSR count). The first-order valence-electron chi connectivity index (χ1n) is 7.60. The topological polar surface area (TPSA) is 61.4 Å². The van der Waals surface area contributed by atoms with Crippen LogP contribution in [0.25, 0.3) is 0 Å². The minimum Gasteiger partial charge on any atom is -0.396 e. The molecule has 0 radical (unpaired) electrons. The van der Waals surface area contributed by atoms with Gasteiger partial charge < -0.3 is 15.7 Å². The monoisotopic (exact) mass is 308 g/mol. The predicted octanol–water partition coefficient (Wildman–Crippen LogP) is 2.04. The fraction of sp³-hybridized carbons (Fsp3) is 0.562. The number of hydrogen-bond acceptors (Lipinski definition) is 4. The van der Waals surface area contributed by atoms with Gasteiger partial charge in [0.05, 0.1) is 5.75 Å². The van der Waals surface area contributed by atoms with Crippen molar-refractivity contribution in [2.75, 3.05) is 30.8 Å². The van der Waals surface area contributed by atoms with Gasteiger partial charge >= 0.3 is 0 Å². The molecule has 0 unspecified atom stereocenters. The van der Waals surface area contributed by atoms with Crippen LogP contribution in [0.4, 0.5) is 5.69 Å². The summed E-state index contributed by atoms with van der Waals surface area (Å²) < 4.78 is 0. The van der Waals surface area contributed by atoms with E-state index in [1.54, 1.807) is 11.8 Å². The van der Waals surface area contributed by atoms with Gasteiger partial charge in [-0.25, -0.2) is 0 Å². The lowest BCUT2D eigenvalue weighted by atomic mass is 10.1. The fourth-order valence-corrected chi connectivity index (χ4v) is 3.47. The average Bonchev–Trinajstić information content (AvgIpc) is 2.52. The lowest BCUT2D eigenvalue weighted by Crippen LogP contribution is -2.30. The Morgan fingerprint density at radius 2 is 2.19 bits per heavy atom. The van der Waals surface area contributed by atoms with Crippen molar-refractivity contribution < 1.29 is 9.90 Å². The van der Waals surface area contributed by atoms with Gasteiger partial charge in [0.2, 0.25) is 5.91 Å². The van der Waals surface area contributed by atoms with Crippen LogP contribution in [-0.2, 0) is 11.2 Å². The number of aryl methyl sites for hydroxylation is 1. The maximum atomic E-state index is 12.0. The number of aliphatic hydroxyl groups is 1. The van der Waals surface area contributed by atoms with Crippen LogP contribution in [0.1, 0.15) is 24.8 Å². The summed E-state index contributed by atoms with van der Waals surface area (Å²) in [7, 11) is 0. The predicted molar refractivity (Wildman–Crippen MR) is 88.8 cm³/mol. The second-order valence-electron chi connectivity index (χ2n) is 5.34. The normalized spacial score (nSPS) is 15.9. The van der Waals surface area contributed by atoms with Crippen molar-refractivity contribution in [1.29, 1.82) is 0 Å². The summed E-state index contributed by atoms with van der Waals surface area (Å²) in [6.07, 6.45) is 3.89. The molecule has 0 spiro atoms. The molecule has 1 heterocycles. The summed E-state index contributed by atoms with van der Waals surface area (Å²) in [5.74, 6) is 0.587. The van der Waals surface area contributed by atoms with Gasteiger partial charge in [0, 0.05) is 17.5 Å². The Kier molecular flexibility index (Phi) is 7.06. The third-order valence-corrected chi connectivity index (χ3v) is 4.94. The summed E-state index contributed by atoms with van der Waals surface area (Å²) in [6, 6.07) is 7.87. The van der Waals surface area contributed by atoms with Crippen molar-refractivity contribution in [3.05, 3.63) is 29.8 Å². The number of rotatable bonds is 7. The molecule has 4 nitrogen and oxygen atoms in total. The van der Waals surface area contributed by atoms with Gasteiger partial charge in [-0.3, -0.25) is 4.79 Å². The number of benzene rings is 1. The van der Waals surface area contributed by atoms with Crippen molar-refractivity contribution in [1.82, 2.24) is 5.32 Å². The van der Waals surface area contributed by atoms with Crippen LogP contribution in [-0.4, -0.2) is 41.7 Å². The zero-order valence-electron chi connectivity index (χ0n) is 12.3. The number of anilines is 1. The summed E-state index contributed by atoms with van der Waals surface area (Å²) in [4.78, 5) is 12.0. The van der Waals surface area contributed by atoms with Gasteiger partial charge in [-0.15, -0.1) is 11.8 Å². The number of aliphatic hydroxyl groups excluding tert-OH is 1. The van der Waals surface area contributed by atoms with Gasteiger partial charge in [-0.1, -0.05) is 12.1 Å². The minimum atomic E-state index is 0.0674. The highest BCUT2D eigenvalue weighted by molar-refractivity contribution is 8.00. The van der Waals surface area contributed by atoms with Crippen LogP contribution < -0.4 is 10.6 Å². The van der Waals surface area contributed by atoms with E-state index in [-0.39, 0.29) is 12.5 Å². The molecule has 21 heavy (non-hydrogen) atoms. The Bertz CT molecular complexity index is 448. The van der Waals surface area contributed by atoms with Crippen LogP contribution in [0, 0.1) is 0 Å². The fourth-order valence-electron chi connectivity index (χ4n) is 2.44. The summed E-state index contributed by atoms with van der Waals surface area (Å²) in [5.41, 5.74) is 1.99. The second-order valence-corrected chi connectivity index (χ2v) is 6.62.